The number of nitrogens with one attached hydrogen (secondary N) is 1. The molecule has 1 saturated carbocycles. The van der Waals surface area contributed by atoms with Crippen LogP contribution >= 0.6 is 22.9 Å². The number of aryl methyl sites for hydroxylation is 2. The highest BCUT2D eigenvalue weighted by molar-refractivity contribution is 7.11. The number of carbonyl (C=O) groups is 1. The van der Waals surface area contributed by atoms with Crippen molar-refractivity contribution in [1.82, 2.24) is 10.3 Å². The molecule has 4 nitrogen and oxygen atoms in total. The second kappa shape index (κ2) is 6.89. The normalized spacial score (nSPS) is 15.3. The van der Waals surface area contributed by atoms with Crippen LogP contribution in [0.5, 0.6) is 5.75 Å². The summed E-state index contributed by atoms with van der Waals surface area (Å²) in [5.41, 5.74) is 0.929. The average molecular weight is 351 g/mol. The summed E-state index contributed by atoms with van der Waals surface area (Å²) in [5, 5.41) is 4.74. The molecule has 1 aliphatic rings. The van der Waals surface area contributed by atoms with Gasteiger partial charge in [-0.05, 0) is 56.4 Å². The smallest absolute Gasteiger partial charge is 0.258 e. The van der Waals surface area contributed by atoms with E-state index in [9.17, 15) is 4.79 Å². The molecule has 0 bridgehead atoms. The zero-order valence-electron chi connectivity index (χ0n) is 13.1. The van der Waals surface area contributed by atoms with Crippen molar-refractivity contribution in [3.8, 4) is 5.75 Å². The first-order valence-electron chi connectivity index (χ1n) is 7.63. The fourth-order valence-corrected chi connectivity index (χ4v) is 3.43. The fourth-order valence-electron chi connectivity index (χ4n) is 2.40. The van der Waals surface area contributed by atoms with Crippen LogP contribution in [0.15, 0.2) is 24.4 Å². The molecule has 1 aromatic heterocycles. The molecule has 0 spiro atoms. The third kappa shape index (κ3) is 4.24. The van der Waals surface area contributed by atoms with Gasteiger partial charge in [0.2, 0.25) is 0 Å². The Kier molecular flexibility index (Phi) is 4.87. The van der Waals surface area contributed by atoms with Gasteiger partial charge < -0.3 is 10.1 Å². The molecule has 1 N–H and O–H groups in total. The highest BCUT2D eigenvalue weighted by atomic mass is 35.5. The lowest BCUT2D eigenvalue weighted by atomic mass is 10.2. The Morgan fingerprint density at radius 1 is 1.48 bits per heavy atom. The minimum Gasteiger partial charge on any atom is -0.484 e. The molecule has 23 heavy (non-hydrogen) atoms. The van der Waals surface area contributed by atoms with Crippen LogP contribution in [0.2, 0.25) is 5.02 Å². The van der Waals surface area contributed by atoms with Crippen LogP contribution in [0.1, 0.15) is 34.3 Å². The number of hydrogen-bond donors (Lipinski definition) is 1. The van der Waals surface area contributed by atoms with Crippen molar-refractivity contribution in [2.45, 2.75) is 32.7 Å². The molecule has 0 saturated heterocycles. The van der Waals surface area contributed by atoms with Crippen molar-refractivity contribution in [3.05, 3.63) is 44.9 Å². The molecule has 3 rings (SSSR count). The number of amides is 1. The minimum atomic E-state index is -0.123. The second-order valence-corrected chi connectivity index (χ2v) is 7.56. The number of halogens is 1. The topological polar surface area (TPSA) is 51.2 Å². The van der Waals surface area contributed by atoms with Gasteiger partial charge in [-0.1, -0.05) is 11.6 Å². The number of hydrogen-bond acceptors (Lipinski definition) is 4. The van der Waals surface area contributed by atoms with Crippen LogP contribution in [-0.4, -0.2) is 17.5 Å². The van der Waals surface area contributed by atoms with Gasteiger partial charge in [-0.2, -0.15) is 0 Å². The molecule has 1 amide bonds. The number of thiazole rings is 1. The van der Waals surface area contributed by atoms with Crippen molar-refractivity contribution in [2.24, 2.45) is 5.92 Å². The zero-order chi connectivity index (χ0) is 16.4. The van der Waals surface area contributed by atoms with E-state index in [1.165, 1.54) is 0 Å². The Morgan fingerprint density at radius 2 is 2.26 bits per heavy atom. The summed E-state index contributed by atoms with van der Waals surface area (Å²) in [6.07, 6.45) is 4.14. The number of nitrogens with zero attached hydrogens (tertiary/aromatic N) is 1. The highest BCUT2D eigenvalue weighted by Gasteiger charge is 2.35. The van der Waals surface area contributed by atoms with Crippen LogP contribution in [0.3, 0.4) is 0 Å². The maximum atomic E-state index is 12.2. The van der Waals surface area contributed by atoms with E-state index in [-0.39, 0.29) is 18.6 Å². The lowest BCUT2D eigenvalue weighted by molar-refractivity contribution is -0.124. The average Bonchev–Trinajstić information content (AvgIpc) is 3.27. The van der Waals surface area contributed by atoms with Gasteiger partial charge in [0.25, 0.3) is 5.91 Å². The van der Waals surface area contributed by atoms with E-state index in [4.69, 9.17) is 16.3 Å². The molecule has 0 aliphatic heterocycles. The number of benzene rings is 1. The van der Waals surface area contributed by atoms with E-state index in [0.29, 0.717) is 16.7 Å². The third-order valence-electron chi connectivity index (χ3n) is 3.81. The number of ether oxygens (including phenoxy) is 1. The Balaban J connectivity index is 1.58. The minimum absolute atomic E-state index is 0.00531. The number of aromatic nitrogens is 1. The van der Waals surface area contributed by atoms with Crippen LogP contribution in [0.25, 0.3) is 0 Å². The molecule has 2 aromatic rings. The zero-order valence-corrected chi connectivity index (χ0v) is 14.7. The first-order valence-corrected chi connectivity index (χ1v) is 8.83. The van der Waals surface area contributed by atoms with E-state index < -0.39 is 0 Å². The molecule has 6 heteroatoms. The molecule has 1 aliphatic carbocycles. The Hall–Kier alpha value is -1.59. The summed E-state index contributed by atoms with van der Waals surface area (Å²) in [5.74, 6) is 1.03. The molecule has 1 aromatic carbocycles. The standard InChI is InChI=1S/C17H19ClN2O2S/c1-10-7-13(5-6-14(10)18)22-9-15(21)20-16(12-3-4-12)17-19-8-11(2)23-17/h5-8,12,16H,3-4,9H2,1-2H3,(H,20,21)/t16-/m0/s1. The molecule has 1 heterocycles. The fraction of sp³-hybridized carbons (Fsp3) is 0.412. The molecule has 0 radical (unpaired) electrons. The monoisotopic (exact) mass is 350 g/mol. The van der Waals surface area contributed by atoms with Crippen molar-refractivity contribution >= 4 is 28.8 Å². The number of carbonyl (C=O) groups excluding carboxylic acids is 1. The molecule has 0 unspecified atom stereocenters. The van der Waals surface area contributed by atoms with Gasteiger partial charge in [0.05, 0.1) is 6.04 Å². The maximum absolute atomic E-state index is 12.2. The quantitative estimate of drug-likeness (QED) is 0.854. The maximum Gasteiger partial charge on any atom is 0.258 e. The molecule has 122 valence electrons. The van der Waals surface area contributed by atoms with Gasteiger partial charge >= 0.3 is 0 Å². The highest BCUT2D eigenvalue weighted by Crippen LogP contribution is 2.42. The lowest BCUT2D eigenvalue weighted by Gasteiger charge is -2.16. The van der Waals surface area contributed by atoms with Crippen molar-refractivity contribution < 1.29 is 9.53 Å². The van der Waals surface area contributed by atoms with Gasteiger partial charge in [0.15, 0.2) is 6.61 Å². The SMILES string of the molecule is Cc1cnc([C@@H](NC(=O)COc2ccc(Cl)c(C)c2)C2CC2)s1. The second-order valence-electron chi connectivity index (χ2n) is 5.89. The largest absolute Gasteiger partial charge is 0.484 e. The van der Waals surface area contributed by atoms with Crippen molar-refractivity contribution in [1.29, 1.82) is 0 Å². The summed E-state index contributed by atoms with van der Waals surface area (Å²) < 4.78 is 5.56. The summed E-state index contributed by atoms with van der Waals surface area (Å²) >= 11 is 7.63. The Morgan fingerprint density at radius 3 is 2.87 bits per heavy atom. The van der Waals surface area contributed by atoms with Crippen LogP contribution < -0.4 is 10.1 Å². The molecular formula is C17H19ClN2O2S. The summed E-state index contributed by atoms with van der Waals surface area (Å²) in [6.45, 7) is 3.93. The number of rotatable bonds is 6. The Labute approximate surface area is 144 Å². The third-order valence-corrected chi connectivity index (χ3v) is 5.23. The molecule has 1 atom stereocenters. The van der Waals surface area contributed by atoms with Gasteiger partial charge in [-0.25, -0.2) is 4.98 Å². The lowest BCUT2D eigenvalue weighted by Crippen LogP contribution is -2.33. The van der Waals surface area contributed by atoms with Crippen LogP contribution in [0, 0.1) is 19.8 Å². The van der Waals surface area contributed by atoms with E-state index in [0.717, 1.165) is 28.3 Å². The van der Waals surface area contributed by atoms with Gasteiger partial charge in [0, 0.05) is 16.1 Å². The van der Waals surface area contributed by atoms with Gasteiger partial charge in [0.1, 0.15) is 10.8 Å². The van der Waals surface area contributed by atoms with Crippen LogP contribution in [-0.2, 0) is 4.79 Å². The van der Waals surface area contributed by atoms with Crippen molar-refractivity contribution in [2.75, 3.05) is 6.61 Å². The molecule has 1 fully saturated rings. The summed E-state index contributed by atoms with van der Waals surface area (Å²) in [7, 11) is 0. The van der Waals surface area contributed by atoms with Crippen molar-refractivity contribution in [3.63, 3.8) is 0 Å². The summed E-state index contributed by atoms with van der Waals surface area (Å²) in [6, 6.07) is 5.38. The van der Waals surface area contributed by atoms with Gasteiger partial charge in [-0.3, -0.25) is 4.79 Å². The molecular weight excluding hydrogens is 332 g/mol. The predicted octanol–water partition coefficient (Wildman–Crippen LogP) is 4.06. The Bertz CT molecular complexity index is 712. The first-order chi connectivity index (χ1) is 11.0. The van der Waals surface area contributed by atoms with E-state index >= 15 is 0 Å². The van der Waals surface area contributed by atoms with Gasteiger partial charge in [-0.15, -0.1) is 11.3 Å². The van der Waals surface area contributed by atoms with E-state index in [1.807, 2.05) is 26.1 Å². The van der Waals surface area contributed by atoms with E-state index in [1.54, 1.807) is 23.5 Å². The summed E-state index contributed by atoms with van der Waals surface area (Å²) in [4.78, 5) is 17.8. The van der Waals surface area contributed by atoms with Crippen LogP contribution in [0.4, 0.5) is 0 Å². The first kappa shape index (κ1) is 16.3. The van der Waals surface area contributed by atoms with E-state index in [2.05, 4.69) is 10.3 Å². The predicted molar refractivity (Wildman–Crippen MR) is 92.1 cm³/mol.